The Kier molecular flexibility index (Phi) is 6.25. The molecule has 2 fully saturated rings. The Bertz CT molecular complexity index is 1810. The Balaban J connectivity index is 1.26. The molecule has 2 saturated carbocycles. The third-order valence-corrected chi connectivity index (χ3v) is 12.9. The van der Waals surface area contributed by atoms with Crippen LogP contribution in [0.1, 0.15) is 85.1 Å². The number of nitrogens with zero attached hydrogens (tertiary/aromatic N) is 6. The van der Waals surface area contributed by atoms with Gasteiger partial charge in [0.15, 0.2) is 0 Å². The van der Waals surface area contributed by atoms with E-state index in [-0.39, 0.29) is 34.1 Å². The van der Waals surface area contributed by atoms with Crippen LogP contribution in [-0.4, -0.2) is 11.4 Å². The van der Waals surface area contributed by atoms with E-state index in [1.165, 1.54) is 81.7 Å². The van der Waals surface area contributed by atoms with E-state index >= 15 is 0 Å². The molecule has 0 aromatic carbocycles. The molecule has 214 valence electrons. The van der Waals surface area contributed by atoms with Crippen molar-refractivity contribution in [3.63, 3.8) is 0 Å². The van der Waals surface area contributed by atoms with Gasteiger partial charge in [-0.2, -0.15) is 21.0 Å². The Morgan fingerprint density at radius 2 is 0.977 bits per heavy atom. The molecule has 6 nitrogen and oxygen atoms in total. The third-order valence-electron chi connectivity index (χ3n) is 10.7. The number of allylic oxidation sites excluding steroid dienone is 8. The average molecular weight is 609 g/mol. The van der Waals surface area contributed by atoms with Gasteiger partial charge in [0, 0.05) is 32.4 Å². The van der Waals surface area contributed by atoms with E-state index in [0.717, 1.165) is 35.7 Å². The molecule has 6 aliphatic rings. The Labute approximate surface area is 265 Å². The van der Waals surface area contributed by atoms with Crippen molar-refractivity contribution in [3.8, 4) is 24.3 Å². The number of thiophene rings is 2. The second kappa shape index (κ2) is 10.1. The second-order valence-corrected chi connectivity index (χ2v) is 14.8. The van der Waals surface area contributed by atoms with Crippen LogP contribution in [0.25, 0.3) is 11.1 Å². The number of fused-ring (bicyclic) bond motifs is 11. The molecule has 2 atom stereocenters. The minimum atomic E-state index is -0.0949. The number of aliphatic imine (C=N–C) groups is 2. The molecule has 0 saturated heterocycles. The number of rotatable bonds is 2. The summed E-state index contributed by atoms with van der Waals surface area (Å²) < 4.78 is 0. The zero-order valence-corrected chi connectivity index (χ0v) is 25.8. The number of nitriles is 4. The van der Waals surface area contributed by atoms with Crippen LogP contribution in [0.2, 0.25) is 0 Å². The van der Waals surface area contributed by atoms with Crippen molar-refractivity contribution < 1.29 is 0 Å². The summed E-state index contributed by atoms with van der Waals surface area (Å²) in [6.45, 7) is 0. The fourth-order valence-electron chi connectivity index (χ4n) is 8.93. The summed E-state index contributed by atoms with van der Waals surface area (Å²) in [5, 5.41) is 38.8. The fraction of sp³-hybridized carbons (Fsp3) is 0.389. The van der Waals surface area contributed by atoms with E-state index in [9.17, 15) is 21.0 Å². The van der Waals surface area contributed by atoms with Crippen LogP contribution in [0, 0.1) is 57.2 Å². The summed E-state index contributed by atoms with van der Waals surface area (Å²) in [5.41, 5.74) is 8.01. The molecule has 2 heterocycles. The van der Waals surface area contributed by atoms with Crippen LogP contribution in [-0.2, 0) is 10.8 Å². The zero-order chi connectivity index (χ0) is 30.1. The van der Waals surface area contributed by atoms with Crippen LogP contribution in [0.4, 0.5) is 10.0 Å². The van der Waals surface area contributed by atoms with E-state index in [1.807, 2.05) is 24.3 Å². The lowest BCUT2D eigenvalue weighted by Crippen LogP contribution is -2.31. The van der Waals surface area contributed by atoms with Gasteiger partial charge in [-0.15, -0.1) is 22.7 Å². The van der Waals surface area contributed by atoms with Crippen LogP contribution in [0.3, 0.4) is 0 Å². The molecule has 2 aromatic heterocycles. The highest BCUT2D eigenvalue weighted by Crippen LogP contribution is 2.65. The van der Waals surface area contributed by atoms with Crippen molar-refractivity contribution >= 4 is 55.2 Å². The smallest absolute Gasteiger partial charge is 0.216 e. The molecule has 8 rings (SSSR count). The first-order valence-electron chi connectivity index (χ1n) is 15.5. The summed E-state index contributed by atoms with van der Waals surface area (Å²) in [5.74, 6) is 0.520. The summed E-state index contributed by atoms with van der Waals surface area (Å²) >= 11 is 3.25. The predicted octanol–water partition coefficient (Wildman–Crippen LogP) is 9.06. The van der Waals surface area contributed by atoms with Crippen LogP contribution < -0.4 is 0 Å². The van der Waals surface area contributed by atoms with Gasteiger partial charge in [-0.25, -0.2) is 9.98 Å². The molecule has 6 aliphatic carbocycles. The van der Waals surface area contributed by atoms with Gasteiger partial charge in [0.05, 0.1) is 0 Å². The van der Waals surface area contributed by atoms with Gasteiger partial charge in [0.1, 0.15) is 34.3 Å². The van der Waals surface area contributed by atoms with E-state index < -0.39 is 0 Å². The minimum absolute atomic E-state index is 0.0299. The molecule has 2 unspecified atom stereocenters. The molecule has 8 heteroatoms. The van der Waals surface area contributed by atoms with Crippen molar-refractivity contribution in [1.82, 2.24) is 0 Å². The summed E-state index contributed by atoms with van der Waals surface area (Å²) in [4.78, 5) is 11.4. The Morgan fingerprint density at radius 3 is 1.34 bits per heavy atom. The van der Waals surface area contributed by atoms with Crippen LogP contribution in [0.5, 0.6) is 0 Å². The van der Waals surface area contributed by atoms with Gasteiger partial charge in [-0.1, -0.05) is 62.8 Å². The van der Waals surface area contributed by atoms with Gasteiger partial charge in [0.25, 0.3) is 0 Å². The van der Waals surface area contributed by atoms with Crippen molar-refractivity contribution in [1.29, 1.82) is 21.0 Å². The molecular formula is C36H28N6S2. The highest BCUT2D eigenvalue weighted by Gasteiger charge is 2.52. The molecular weight excluding hydrogens is 581 g/mol. The van der Waals surface area contributed by atoms with E-state index in [1.54, 1.807) is 22.7 Å². The predicted molar refractivity (Wildman–Crippen MR) is 174 cm³/mol. The lowest BCUT2D eigenvalue weighted by molar-refractivity contribution is 0.347. The van der Waals surface area contributed by atoms with Crippen LogP contribution in [0.15, 0.2) is 57.6 Å². The second-order valence-electron chi connectivity index (χ2n) is 12.8. The molecule has 2 aromatic rings. The summed E-state index contributed by atoms with van der Waals surface area (Å²) in [7, 11) is 0. The monoisotopic (exact) mass is 608 g/mol. The standard InChI is InChI=1S/C36H28N6S2/c37-17-23(18-38)41-31-15-29-33(43-31)25-11-22-14-28-26(12-21(22)13-27(25)35(29)7-3-1-4-8-35)34-30(36(28)9-5-2-6-10-36)16-32(44-34)42-24(19-39)20-40/h11-16,21-22H,1-10H2. The number of hydrogen-bond acceptors (Lipinski definition) is 8. The van der Waals surface area contributed by atoms with Gasteiger partial charge in [-0.3, -0.25) is 0 Å². The van der Waals surface area contributed by atoms with Gasteiger partial charge < -0.3 is 0 Å². The van der Waals surface area contributed by atoms with E-state index in [2.05, 4.69) is 46.4 Å². The summed E-state index contributed by atoms with van der Waals surface area (Å²) in [6, 6.07) is 12.0. The fourth-order valence-corrected chi connectivity index (χ4v) is 11.3. The molecule has 0 N–H and O–H groups in total. The largest absolute Gasteiger partial charge is 0.219 e. The third kappa shape index (κ3) is 3.78. The minimum Gasteiger partial charge on any atom is -0.216 e. The van der Waals surface area contributed by atoms with E-state index in [0.29, 0.717) is 0 Å². The highest BCUT2D eigenvalue weighted by molar-refractivity contribution is 7.17. The normalized spacial score (nSPS) is 24.3. The van der Waals surface area contributed by atoms with Crippen molar-refractivity contribution in [3.05, 3.63) is 68.5 Å². The van der Waals surface area contributed by atoms with Crippen LogP contribution >= 0.6 is 22.7 Å². The Morgan fingerprint density at radius 1 is 0.591 bits per heavy atom. The van der Waals surface area contributed by atoms with Crippen molar-refractivity contribution in [2.75, 3.05) is 0 Å². The summed E-state index contributed by atoms with van der Waals surface area (Å²) in [6.07, 6.45) is 21.8. The average Bonchev–Trinajstić information content (AvgIpc) is 3.79. The van der Waals surface area contributed by atoms with Gasteiger partial charge in [0.2, 0.25) is 11.4 Å². The molecule has 0 bridgehead atoms. The first-order chi connectivity index (χ1) is 21.5. The first-order valence-corrected chi connectivity index (χ1v) is 17.1. The Hall–Kier alpha value is -4.34. The number of hydrogen-bond donors (Lipinski definition) is 0. The molecule has 2 spiro atoms. The topological polar surface area (TPSA) is 120 Å². The zero-order valence-electron chi connectivity index (χ0n) is 24.2. The first kappa shape index (κ1) is 27.2. The molecule has 0 amide bonds. The maximum absolute atomic E-state index is 9.34. The maximum atomic E-state index is 9.34. The lowest BCUT2D eigenvalue weighted by atomic mass is 9.63. The quantitative estimate of drug-likeness (QED) is 0.316. The van der Waals surface area contributed by atoms with Crippen molar-refractivity contribution in [2.24, 2.45) is 21.8 Å². The van der Waals surface area contributed by atoms with Gasteiger partial charge >= 0.3 is 0 Å². The SMILES string of the molecule is N#CC(C#N)=Nc1cc2c(s1)C1=CC3C=C4C(=CC3C=C1C21CCCCC1)c1sc(N=C(C#N)C#N)cc1C41CCCCC1. The molecule has 0 aliphatic heterocycles. The van der Waals surface area contributed by atoms with Crippen molar-refractivity contribution in [2.45, 2.75) is 75.0 Å². The maximum Gasteiger partial charge on any atom is 0.219 e. The molecule has 0 radical (unpaired) electrons. The van der Waals surface area contributed by atoms with Gasteiger partial charge in [-0.05, 0) is 71.2 Å². The molecule has 44 heavy (non-hydrogen) atoms. The van der Waals surface area contributed by atoms with E-state index in [4.69, 9.17) is 0 Å². The lowest BCUT2D eigenvalue weighted by Gasteiger charge is -2.40. The highest BCUT2D eigenvalue weighted by atomic mass is 32.1.